The number of imide groups is 1. The Hall–Kier alpha value is -3.50. The minimum Gasteiger partial charge on any atom is -0.324 e. The maximum absolute atomic E-state index is 13.2. The number of aromatic nitrogens is 1. The molecule has 1 aliphatic rings. The minimum atomic E-state index is -0.974. The molecule has 0 radical (unpaired) electrons. The normalized spacial score (nSPS) is 13.5. The number of benzene rings is 2. The lowest BCUT2D eigenvalue weighted by Gasteiger charge is -2.25. The number of thioether (sulfide) groups is 1. The van der Waals surface area contributed by atoms with Crippen LogP contribution in [-0.4, -0.2) is 51.6 Å². The summed E-state index contributed by atoms with van der Waals surface area (Å²) in [4.78, 5) is 56.6. The molecule has 1 aromatic heterocycles. The zero-order valence-electron chi connectivity index (χ0n) is 17.6. The monoisotopic (exact) mass is 480 g/mol. The molecule has 1 atom stereocenters. The van der Waals surface area contributed by atoms with Gasteiger partial charge in [0.1, 0.15) is 6.04 Å². The summed E-state index contributed by atoms with van der Waals surface area (Å²) in [5, 5.41) is 7.67. The third kappa shape index (κ3) is 4.81. The van der Waals surface area contributed by atoms with Crippen LogP contribution in [0.1, 0.15) is 37.5 Å². The molecule has 33 heavy (non-hydrogen) atoms. The zero-order valence-corrected chi connectivity index (χ0v) is 19.2. The standard InChI is InChI=1S/C23H20N4O4S2/c1-32-11-9-18(27-21(30)16-7-2-3-8-17(16)22(27)31)20(29)25-15-6-4-5-14(13-15)19(28)26-23-24-10-12-33-23/h2-8,10,12-13,18H,9,11H2,1H3,(H,25,29)(H,24,26,28). The van der Waals surface area contributed by atoms with Crippen molar-refractivity contribution >= 4 is 57.5 Å². The summed E-state index contributed by atoms with van der Waals surface area (Å²) < 4.78 is 0. The number of rotatable bonds is 8. The van der Waals surface area contributed by atoms with Gasteiger partial charge in [-0.15, -0.1) is 11.3 Å². The van der Waals surface area contributed by atoms with Crippen LogP contribution >= 0.6 is 23.1 Å². The number of nitrogens with zero attached hydrogens (tertiary/aromatic N) is 2. The number of hydrogen-bond donors (Lipinski definition) is 2. The van der Waals surface area contributed by atoms with Gasteiger partial charge in [0.25, 0.3) is 17.7 Å². The molecule has 0 saturated carbocycles. The first kappa shape index (κ1) is 22.7. The van der Waals surface area contributed by atoms with Crippen molar-refractivity contribution in [2.24, 2.45) is 0 Å². The highest BCUT2D eigenvalue weighted by molar-refractivity contribution is 7.98. The molecule has 3 aromatic rings. The highest BCUT2D eigenvalue weighted by atomic mass is 32.2. The van der Waals surface area contributed by atoms with Crippen molar-refractivity contribution in [3.63, 3.8) is 0 Å². The van der Waals surface area contributed by atoms with Gasteiger partial charge < -0.3 is 5.32 Å². The molecule has 10 heteroatoms. The van der Waals surface area contributed by atoms with Crippen LogP contribution in [0.5, 0.6) is 0 Å². The van der Waals surface area contributed by atoms with Gasteiger partial charge in [-0.2, -0.15) is 11.8 Å². The molecule has 2 heterocycles. The summed E-state index contributed by atoms with van der Waals surface area (Å²) in [5.74, 6) is -1.22. The van der Waals surface area contributed by atoms with Crippen molar-refractivity contribution in [2.45, 2.75) is 12.5 Å². The van der Waals surface area contributed by atoms with Gasteiger partial charge >= 0.3 is 0 Å². The third-order valence-electron chi connectivity index (χ3n) is 5.08. The fourth-order valence-electron chi connectivity index (χ4n) is 3.52. The van der Waals surface area contributed by atoms with Crippen molar-refractivity contribution in [1.29, 1.82) is 0 Å². The van der Waals surface area contributed by atoms with E-state index in [4.69, 9.17) is 0 Å². The highest BCUT2D eigenvalue weighted by Crippen LogP contribution is 2.27. The van der Waals surface area contributed by atoms with Crippen LogP contribution in [-0.2, 0) is 4.79 Å². The number of nitrogens with one attached hydrogen (secondary N) is 2. The van der Waals surface area contributed by atoms with Crippen LogP contribution in [0.2, 0.25) is 0 Å². The smallest absolute Gasteiger partial charge is 0.262 e. The van der Waals surface area contributed by atoms with E-state index in [1.54, 1.807) is 54.0 Å². The molecule has 0 saturated heterocycles. The van der Waals surface area contributed by atoms with Gasteiger partial charge in [0.15, 0.2) is 5.13 Å². The number of hydrogen-bond acceptors (Lipinski definition) is 7. The molecule has 4 amide bonds. The molecule has 0 spiro atoms. The first-order chi connectivity index (χ1) is 16.0. The molecule has 0 fully saturated rings. The van der Waals surface area contributed by atoms with Gasteiger partial charge in [-0.25, -0.2) is 4.98 Å². The zero-order chi connectivity index (χ0) is 23.4. The number of fused-ring (bicyclic) bond motifs is 1. The summed E-state index contributed by atoms with van der Waals surface area (Å²) >= 11 is 2.82. The van der Waals surface area contributed by atoms with E-state index < -0.39 is 23.8 Å². The van der Waals surface area contributed by atoms with Gasteiger partial charge in [0.05, 0.1) is 11.1 Å². The fourth-order valence-corrected chi connectivity index (χ4v) is 4.50. The molecule has 168 valence electrons. The summed E-state index contributed by atoms with van der Waals surface area (Å²) in [6.45, 7) is 0. The Bertz CT molecular complexity index is 1180. The Morgan fingerprint density at radius 1 is 1.06 bits per heavy atom. The van der Waals surface area contributed by atoms with Crippen molar-refractivity contribution < 1.29 is 19.2 Å². The van der Waals surface area contributed by atoms with E-state index in [1.165, 1.54) is 29.2 Å². The molecule has 0 aliphatic carbocycles. The van der Waals surface area contributed by atoms with Gasteiger partial charge in [-0.3, -0.25) is 29.4 Å². The summed E-state index contributed by atoms with van der Waals surface area (Å²) in [6, 6.07) is 12.0. The van der Waals surface area contributed by atoms with Crippen molar-refractivity contribution in [1.82, 2.24) is 9.88 Å². The van der Waals surface area contributed by atoms with Crippen LogP contribution in [0.4, 0.5) is 10.8 Å². The van der Waals surface area contributed by atoms with Crippen molar-refractivity contribution in [3.8, 4) is 0 Å². The molecular formula is C23H20N4O4S2. The van der Waals surface area contributed by atoms with Crippen LogP contribution in [0.15, 0.2) is 60.1 Å². The van der Waals surface area contributed by atoms with E-state index in [0.717, 1.165) is 4.90 Å². The summed E-state index contributed by atoms with van der Waals surface area (Å²) in [5.41, 5.74) is 1.32. The van der Waals surface area contributed by atoms with E-state index in [-0.39, 0.29) is 5.91 Å². The number of carbonyl (C=O) groups excluding carboxylic acids is 4. The number of carbonyl (C=O) groups is 4. The predicted molar refractivity (Wildman–Crippen MR) is 129 cm³/mol. The average molecular weight is 481 g/mol. The summed E-state index contributed by atoms with van der Waals surface area (Å²) in [6.07, 6.45) is 3.79. The SMILES string of the molecule is CSCCC(C(=O)Nc1cccc(C(=O)Nc2nccs2)c1)N1C(=O)c2ccccc2C1=O. The molecular weight excluding hydrogens is 460 g/mol. The Balaban J connectivity index is 1.53. The van der Waals surface area contributed by atoms with E-state index in [9.17, 15) is 19.2 Å². The maximum Gasteiger partial charge on any atom is 0.262 e. The number of thiazole rings is 1. The maximum atomic E-state index is 13.2. The van der Waals surface area contributed by atoms with E-state index >= 15 is 0 Å². The van der Waals surface area contributed by atoms with Gasteiger partial charge in [-0.05, 0) is 48.8 Å². The quantitative estimate of drug-likeness (QED) is 0.476. The van der Waals surface area contributed by atoms with E-state index in [1.807, 2.05) is 6.26 Å². The van der Waals surface area contributed by atoms with Crippen LogP contribution in [0.3, 0.4) is 0 Å². The Kier molecular flexibility index (Phi) is 6.85. The second-order valence-corrected chi connectivity index (χ2v) is 9.06. The van der Waals surface area contributed by atoms with Crippen molar-refractivity contribution in [3.05, 3.63) is 76.8 Å². The second-order valence-electron chi connectivity index (χ2n) is 7.18. The number of anilines is 2. The van der Waals surface area contributed by atoms with Gasteiger partial charge in [0.2, 0.25) is 5.91 Å². The topological polar surface area (TPSA) is 108 Å². The van der Waals surface area contributed by atoms with Crippen LogP contribution < -0.4 is 10.6 Å². The Labute approximate surface area is 198 Å². The Morgan fingerprint density at radius 2 is 1.79 bits per heavy atom. The van der Waals surface area contributed by atoms with Gasteiger partial charge in [0, 0.05) is 22.8 Å². The van der Waals surface area contributed by atoms with Crippen molar-refractivity contribution in [2.75, 3.05) is 22.6 Å². The Morgan fingerprint density at radius 3 is 2.42 bits per heavy atom. The van der Waals surface area contributed by atoms with E-state index in [0.29, 0.717) is 39.7 Å². The molecule has 2 N–H and O–H groups in total. The second kappa shape index (κ2) is 9.97. The molecule has 2 aromatic carbocycles. The first-order valence-electron chi connectivity index (χ1n) is 10.1. The molecule has 8 nitrogen and oxygen atoms in total. The lowest BCUT2D eigenvalue weighted by Crippen LogP contribution is -2.47. The minimum absolute atomic E-state index is 0.297. The van der Waals surface area contributed by atoms with Crippen LogP contribution in [0, 0.1) is 0 Å². The molecule has 4 rings (SSSR count). The molecule has 1 aliphatic heterocycles. The first-order valence-corrected chi connectivity index (χ1v) is 12.3. The molecule has 1 unspecified atom stereocenters. The number of amides is 4. The van der Waals surface area contributed by atoms with E-state index in [2.05, 4.69) is 15.6 Å². The highest BCUT2D eigenvalue weighted by Gasteiger charge is 2.42. The van der Waals surface area contributed by atoms with Crippen LogP contribution in [0.25, 0.3) is 0 Å². The lowest BCUT2D eigenvalue weighted by molar-refractivity contribution is -0.120. The van der Waals surface area contributed by atoms with Gasteiger partial charge in [-0.1, -0.05) is 18.2 Å². The molecule has 0 bridgehead atoms. The average Bonchev–Trinajstić information content (AvgIpc) is 3.42. The predicted octanol–water partition coefficient (Wildman–Crippen LogP) is 3.75. The third-order valence-corrected chi connectivity index (χ3v) is 6.41. The largest absolute Gasteiger partial charge is 0.324 e. The fraction of sp³-hybridized carbons (Fsp3) is 0.174. The summed E-state index contributed by atoms with van der Waals surface area (Å²) in [7, 11) is 0. The lowest BCUT2D eigenvalue weighted by atomic mass is 10.1.